The van der Waals surface area contributed by atoms with Crippen molar-refractivity contribution in [1.82, 2.24) is 26.0 Å². The Morgan fingerprint density at radius 3 is 2.53 bits per heavy atom. The standard InChI is InChI=1S/C29H49F2N5O2/c30-23-14-21-15-24(31)27(23)25-16-22-26(17-32-25)33-34-28(22)19-3-1-4-20(13-19)35-8-9-36(29(18-35)5-6-29)7-2-10-37-11-12-38-21/h19-28,32-34H,1-18H2. The van der Waals surface area contributed by atoms with Gasteiger partial charge in [-0.05, 0) is 56.8 Å². The first-order valence-electron chi connectivity index (χ1n) is 15.8. The van der Waals surface area contributed by atoms with Crippen molar-refractivity contribution in [3.8, 4) is 0 Å². The second-order valence-corrected chi connectivity index (χ2v) is 13.6. The number of nitrogens with zero attached hydrogens (tertiary/aromatic N) is 2. The number of ether oxygens (including phenoxy) is 2. The molecule has 10 fully saturated rings. The second-order valence-electron chi connectivity index (χ2n) is 13.6. The largest absolute Gasteiger partial charge is 0.379 e. The van der Waals surface area contributed by atoms with Crippen LogP contribution in [-0.2, 0) is 9.47 Å². The highest BCUT2D eigenvalue weighted by molar-refractivity contribution is 5.10. The summed E-state index contributed by atoms with van der Waals surface area (Å²) in [5.74, 6) is 0.487. The SMILES string of the molecule is FC1CC2CC(F)C1C1CC3C(CN1)NNC3C1CCCC(C1)N1CCN(CCCOCCO2)C2(CC2)C1. The van der Waals surface area contributed by atoms with E-state index in [2.05, 4.69) is 26.0 Å². The van der Waals surface area contributed by atoms with Crippen molar-refractivity contribution in [1.29, 1.82) is 0 Å². The van der Waals surface area contributed by atoms with Gasteiger partial charge in [-0.2, -0.15) is 0 Å². The third-order valence-electron chi connectivity index (χ3n) is 11.5. The Morgan fingerprint density at radius 2 is 1.68 bits per heavy atom. The minimum atomic E-state index is -1.16. The minimum absolute atomic E-state index is 0.102. The van der Waals surface area contributed by atoms with Crippen LogP contribution in [0.15, 0.2) is 0 Å². The van der Waals surface area contributed by atoms with Crippen LogP contribution >= 0.6 is 0 Å². The lowest BCUT2D eigenvalue weighted by Crippen LogP contribution is -2.59. The lowest BCUT2D eigenvalue weighted by molar-refractivity contribution is -0.0726. The number of piperazine rings is 1. The van der Waals surface area contributed by atoms with Crippen molar-refractivity contribution < 1.29 is 18.3 Å². The Balaban J connectivity index is 1.08. The van der Waals surface area contributed by atoms with Gasteiger partial charge in [0, 0.05) is 87.8 Å². The molecule has 7 nitrogen and oxygen atoms in total. The van der Waals surface area contributed by atoms with E-state index >= 15 is 8.78 Å². The number of hydrogen-bond donors (Lipinski definition) is 3. The molecule has 0 aromatic carbocycles. The van der Waals surface area contributed by atoms with E-state index in [0.717, 1.165) is 32.5 Å². The molecule has 3 saturated carbocycles. The third-order valence-corrected chi connectivity index (χ3v) is 11.5. The number of alkyl halides is 2. The predicted molar refractivity (Wildman–Crippen MR) is 142 cm³/mol. The molecule has 10 atom stereocenters. The van der Waals surface area contributed by atoms with Crippen LogP contribution in [0.2, 0.25) is 0 Å². The van der Waals surface area contributed by atoms with E-state index in [1.807, 2.05) is 0 Å². The van der Waals surface area contributed by atoms with Crippen LogP contribution in [-0.4, -0.2) is 110 Å². The molecule has 0 amide bonds. The molecule has 3 aliphatic carbocycles. The molecule has 7 saturated heterocycles. The van der Waals surface area contributed by atoms with Crippen molar-refractivity contribution in [2.24, 2.45) is 17.8 Å². The van der Waals surface area contributed by atoms with Gasteiger partial charge in [-0.15, -0.1) is 0 Å². The maximum atomic E-state index is 15.5. The van der Waals surface area contributed by atoms with Gasteiger partial charge in [0.2, 0.25) is 0 Å². The average Bonchev–Trinajstić information content (AvgIpc) is 3.55. The number of nitrogens with one attached hydrogen (secondary N) is 3. The van der Waals surface area contributed by atoms with E-state index in [9.17, 15) is 0 Å². The van der Waals surface area contributed by atoms with E-state index in [1.165, 1.54) is 58.2 Å². The van der Waals surface area contributed by atoms with Crippen molar-refractivity contribution in [2.75, 3.05) is 52.5 Å². The van der Waals surface area contributed by atoms with Gasteiger partial charge in [-0.3, -0.25) is 20.7 Å². The summed E-state index contributed by atoms with van der Waals surface area (Å²) >= 11 is 0. The van der Waals surface area contributed by atoms with E-state index in [4.69, 9.17) is 9.47 Å². The highest BCUT2D eigenvalue weighted by Crippen LogP contribution is 2.46. The topological polar surface area (TPSA) is 61.0 Å². The Kier molecular flexibility index (Phi) is 7.74. The van der Waals surface area contributed by atoms with E-state index in [-0.39, 0.29) is 12.1 Å². The molecule has 10 rings (SSSR count). The van der Waals surface area contributed by atoms with Crippen LogP contribution < -0.4 is 16.2 Å². The lowest BCUT2D eigenvalue weighted by Gasteiger charge is -2.48. The van der Waals surface area contributed by atoms with Crippen LogP contribution in [0.4, 0.5) is 8.78 Å². The normalized spacial score (nSPS) is 51.3. The van der Waals surface area contributed by atoms with Crippen LogP contribution in [0.5, 0.6) is 0 Å². The minimum Gasteiger partial charge on any atom is -0.379 e. The molecular weight excluding hydrogens is 488 g/mol. The van der Waals surface area contributed by atoms with Gasteiger partial charge < -0.3 is 14.8 Å². The van der Waals surface area contributed by atoms with Crippen LogP contribution in [0.3, 0.4) is 0 Å². The summed E-state index contributed by atoms with van der Waals surface area (Å²) in [6.45, 7) is 7.14. The smallest absolute Gasteiger partial charge is 0.110 e. The lowest BCUT2D eigenvalue weighted by atomic mass is 9.69. The second kappa shape index (κ2) is 11.1. The van der Waals surface area contributed by atoms with E-state index < -0.39 is 18.3 Å². The predicted octanol–water partition coefficient (Wildman–Crippen LogP) is 2.41. The first-order valence-corrected chi connectivity index (χ1v) is 15.8. The van der Waals surface area contributed by atoms with E-state index in [0.29, 0.717) is 61.6 Å². The molecule has 7 heterocycles. The Hall–Kier alpha value is -0.420. The Bertz CT molecular complexity index is 808. The molecule has 0 aromatic heterocycles. The van der Waals surface area contributed by atoms with Crippen molar-refractivity contribution in [2.45, 2.75) is 112 Å². The van der Waals surface area contributed by atoms with Crippen LogP contribution in [0, 0.1) is 17.8 Å². The summed E-state index contributed by atoms with van der Waals surface area (Å²) in [6.07, 6.45) is 7.63. The molecule has 10 unspecified atom stereocenters. The number of hydrazine groups is 1. The molecule has 3 N–H and O–H groups in total. The van der Waals surface area contributed by atoms with Crippen LogP contribution in [0.25, 0.3) is 0 Å². The van der Waals surface area contributed by atoms with Crippen molar-refractivity contribution >= 4 is 0 Å². The quantitative estimate of drug-likeness (QED) is 0.439. The number of hydrogen-bond acceptors (Lipinski definition) is 7. The maximum absolute atomic E-state index is 15.5. The number of rotatable bonds is 0. The molecule has 0 aromatic rings. The van der Waals surface area contributed by atoms with Gasteiger partial charge in [0.15, 0.2) is 0 Å². The van der Waals surface area contributed by atoms with Crippen molar-refractivity contribution in [3.05, 3.63) is 0 Å². The zero-order chi connectivity index (χ0) is 25.7. The van der Waals surface area contributed by atoms with Gasteiger partial charge >= 0.3 is 0 Å². The van der Waals surface area contributed by atoms with Gasteiger partial charge in [-0.1, -0.05) is 6.42 Å². The maximum Gasteiger partial charge on any atom is 0.110 e. The summed E-state index contributed by atoms with van der Waals surface area (Å²) < 4.78 is 42.7. The number of halogens is 2. The fourth-order valence-electron chi connectivity index (χ4n) is 9.29. The Labute approximate surface area is 227 Å². The zero-order valence-electron chi connectivity index (χ0n) is 23.0. The fraction of sp³-hybridized carbons (Fsp3) is 1.00. The van der Waals surface area contributed by atoms with Crippen LogP contribution in [0.1, 0.15) is 64.2 Å². The molecule has 9 heteroatoms. The molecule has 1 spiro atoms. The summed E-state index contributed by atoms with van der Waals surface area (Å²) in [7, 11) is 0. The zero-order valence-corrected chi connectivity index (χ0v) is 23.0. The fourth-order valence-corrected chi connectivity index (χ4v) is 9.29. The molecular formula is C29H49F2N5O2. The van der Waals surface area contributed by atoms with Gasteiger partial charge in [-0.25, -0.2) is 8.78 Å². The van der Waals surface area contributed by atoms with Gasteiger partial charge in [0.25, 0.3) is 0 Å². The third kappa shape index (κ3) is 5.19. The first kappa shape index (κ1) is 26.5. The molecule has 8 bridgehead atoms. The summed E-state index contributed by atoms with van der Waals surface area (Å²) in [6, 6.07) is 1.32. The molecule has 216 valence electrons. The molecule has 7 aliphatic heterocycles. The van der Waals surface area contributed by atoms with E-state index in [1.54, 1.807) is 0 Å². The average molecular weight is 538 g/mol. The highest BCUT2D eigenvalue weighted by Gasteiger charge is 2.53. The summed E-state index contributed by atoms with van der Waals surface area (Å²) in [4.78, 5) is 5.58. The summed E-state index contributed by atoms with van der Waals surface area (Å²) in [5.41, 5.74) is 7.68. The molecule has 10 aliphatic rings. The number of piperidine rings is 1. The Morgan fingerprint density at radius 1 is 0.816 bits per heavy atom. The summed E-state index contributed by atoms with van der Waals surface area (Å²) in [5, 5.41) is 3.55. The monoisotopic (exact) mass is 537 g/mol. The molecule has 0 radical (unpaired) electrons. The van der Waals surface area contributed by atoms with Gasteiger partial charge in [0.05, 0.1) is 19.3 Å². The molecule has 38 heavy (non-hydrogen) atoms. The van der Waals surface area contributed by atoms with Gasteiger partial charge in [0.1, 0.15) is 12.3 Å². The highest BCUT2D eigenvalue weighted by atomic mass is 19.1. The van der Waals surface area contributed by atoms with Crippen molar-refractivity contribution in [3.63, 3.8) is 0 Å². The first-order chi connectivity index (χ1) is 18.6.